The van der Waals surface area contributed by atoms with E-state index in [9.17, 15) is 0 Å². The second-order valence-electron chi connectivity index (χ2n) is 4.13. The number of hydrogen-bond acceptors (Lipinski definition) is 3. The van der Waals surface area contributed by atoms with Crippen molar-refractivity contribution in [1.82, 2.24) is 5.32 Å². The summed E-state index contributed by atoms with van der Waals surface area (Å²) in [5.74, 6) is 0.819. The molecule has 4 heteroatoms. The third-order valence-electron chi connectivity index (χ3n) is 2.30. The van der Waals surface area contributed by atoms with Gasteiger partial charge in [-0.1, -0.05) is 11.6 Å². The first-order valence-electron chi connectivity index (χ1n) is 5.79. The smallest absolute Gasteiger partial charge is 0.119 e. The van der Waals surface area contributed by atoms with Gasteiger partial charge in [-0.2, -0.15) is 0 Å². The molecule has 1 N–H and O–H groups in total. The summed E-state index contributed by atoms with van der Waals surface area (Å²) in [4.78, 5) is 0. The third kappa shape index (κ3) is 5.91. The lowest BCUT2D eigenvalue weighted by Crippen LogP contribution is -2.36. The molecule has 0 fully saturated rings. The first kappa shape index (κ1) is 14.3. The van der Waals surface area contributed by atoms with Gasteiger partial charge in [-0.15, -0.1) is 0 Å². The van der Waals surface area contributed by atoms with Gasteiger partial charge < -0.3 is 14.8 Å². The Bertz CT molecular complexity index is 314. The highest BCUT2D eigenvalue weighted by molar-refractivity contribution is 6.30. The Balaban J connectivity index is 2.34. The zero-order valence-electron chi connectivity index (χ0n) is 10.6. The Hall–Kier alpha value is -0.770. The lowest BCUT2D eigenvalue weighted by molar-refractivity contribution is 0.0519. The predicted molar refractivity (Wildman–Crippen MR) is 70.9 cm³/mol. The van der Waals surface area contributed by atoms with Gasteiger partial charge in [0, 0.05) is 5.02 Å². The largest absolute Gasteiger partial charge is 0.492 e. The summed E-state index contributed by atoms with van der Waals surface area (Å²) in [6, 6.07) is 7.54. The van der Waals surface area contributed by atoms with Crippen LogP contribution in [-0.4, -0.2) is 32.4 Å². The fraction of sp³-hybridized carbons (Fsp3) is 0.538. The summed E-state index contributed by atoms with van der Waals surface area (Å²) in [5, 5.41) is 3.88. The van der Waals surface area contributed by atoms with E-state index in [4.69, 9.17) is 21.1 Å². The molecule has 1 unspecified atom stereocenters. The Morgan fingerprint density at radius 1 is 1.18 bits per heavy atom. The molecular formula is C13H20ClNO2. The first-order valence-corrected chi connectivity index (χ1v) is 6.17. The van der Waals surface area contributed by atoms with Gasteiger partial charge in [0.1, 0.15) is 12.4 Å². The first-order chi connectivity index (χ1) is 8.11. The molecule has 17 heavy (non-hydrogen) atoms. The van der Waals surface area contributed by atoms with Crippen molar-refractivity contribution >= 4 is 11.6 Å². The van der Waals surface area contributed by atoms with Crippen LogP contribution in [0.1, 0.15) is 13.8 Å². The Labute approximate surface area is 108 Å². The SMILES string of the molecule is CNC(COc1ccc(Cl)cc1)COC(C)C. The number of likely N-dealkylation sites (N-methyl/N-ethyl adjacent to an activating group) is 1. The van der Waals surface area contributed by atoms with Crippen LogP contribution in [0.3, 0.4) is 0 Å². The van der Waals surface area contributed by atoms with Crippen LogP contribution in [0, 0.1) is 0 Å². The minimum absolute atomic E-state index is 0.188. The molecule has 0 aliphatic carbocycles. The van der Waals surface area contributed by atoms with Gasteiger partial charge >= 0.3 is 0 Å². The van der Waals surface area contributed by atoms with Crippen LogP contribution in [0.15, 0.2) is 24.3 Å². The minimum atomic E-state index is 0.188. The van der Waals surface area contributed by atoms with Gasteiger partial charge in [0.2, 0.25) is 0 Å². The fourth-order valence-corrected chi connectivity index (χ4v) is 1.38. The van der Waals surface area contributed by atoms with Crippen molar-refractivity contribution in [3.05, 3.63) is 29.3 Å². The molecule has 1 atom stereocenters. The van der Waals surface area contributed by atoms with E-state index in [-0.39, 0.29) is 12.1 Å². The topological polar surface area (TPSA) is 30.5 Å². The molecule has 0 saturated carbocycles. The predicted octanol–water partition coefficient (Wildman–Crippen LogP) is 2.73. The quantitative estimate of drug-likeness (QED) is 0.815. The molecule has 0 aliphatic rings. The standard InChI is InChI=1S/C13H20ClNO2/c1-10(2)16-8-12(15-3)9-17-13-6-4-11(14)5-7-13/h4-7,10,12,15H,8-9H2,1-3H3. The number of hydrogen-bond donors (Lipinski definition) is 1. The highest BCUT2D eigenvalue weighted by atomic mass is 35.5. The van der Waals surface area contributed by atoms with Gasteiger partial charge in [-0.3, -0.25) is 0 Å². The number of benzene rings is 1. The van der Waals surface area contributed by atoms with Gasteiger partial charge in [0.05, 0.1) is 18.8 Å². The van der Waals surface area contributed by atoms with Crippen molar-refractivity contribution in [2.45, 2.75) is 26.0 Å². The van der Waals surface area contributed by atoms with E-state index in [1.165, 1.54) is 0 Å². The van der Waals surface area contributed by atoms with Crippen molar-refractivity contribution in [3.8, 4) is 5.75 Å². The van der Waals surface area contributed by atoms with Crippen molar-refractivity contribution < 1.29 is 9.47 Å². The van der Waals surface area contributed by atoms with E-state index >= 15 is 0 Å². The number of ether oxygens (including phenoxy) is 2. The van der Waals surface area contributed by atoms with Crippen molar-refractivity contribution in [2.24, 2.45) is 0 Å². The van der Waals surface area contributed by atoms with Crippen LogP contribution in [0.4, 0.5) is 0 Å². The lowest BCUT2D eigenvalue weighted by Gasteiger charge is -2.18. The molecule has 0 radical (unpaired) electrons. The number of nitrogens with one attached hydrogen (secondary N) is 1. The van der Waals surface area contributed by atoms with Crippen molar-refractivity contribution in [1.29, 1.82) is 0 Å². The maximum atomic E-state index is 5.80. The van der Waals surface area contributed by atoms with E-state index in [1.54, 1.807) is 0 Å². The zero-order valence-corrected chi connectivity index (χ0v) is 11.3. The molecule has 3 nitrogen and oxygen atoms in total. The van der Waals surface area contributed by atoms with Crippen LogP contribution in [0.5, 0.6) is 5.75 Å². The summed E-state index contributed by atoms with van der Waals surface area (Å²) in [5.41, 5.74) is 0. The van der Waals surface area contributed by atoms with E-state index in [1.807, 2.05) is 45.2 Å². The van der Waals surface area contributed by atoms with Gasteiger partial charge in [0.15, 0.2) is 0 Å². The maximum absolute atomic E-state index is 5.80. The van der Waals surface area contributed by atoms with E-state index in [0.29, 0.717) is 18.2 Å². The minimum Gasteiger partial charge on any atom is -0.492 e. The monoisotopic (exact) mass is 257 g/mol. The van der Waals surface area contributed by atoms with Crippen LogP contribution < -0.4 is 10.1 Å². The molecule has 0 saturated heterocycles. The van der Waals surface area contributed by atoms with Gasteiger partial charge in [-0.25, -0.2) is 0 Å². The summed E-state index contributed by atoms with van der Waals surface area (Å²) in [6.07, 6.45) is 0.237. The summed E-state index contributed by atoms with van der Waals surface area (Å²) < 4.78 is 11.2. The molecule has 0 aromatic heterocycles. The molecule has 1 rings (SSSR count). The van der Waals surface area contributed by atoms with E-state index < -0.39 is 0 Å². The Kier molecular flexibility index (Phi) is 6.34. The molecule has 0 heterocycles. The van der Waals surface area contributed by atoms with Crippen LogP contribution in [-0.2, 0) is 4.74 Å². The van der Waals surface area contributed by atoms with Crippen LogP contribution in [0.2, 0.25) is 5.02 Å². The van der Waals surface area contributed by atoms with Crippen molar-refractivity contribution in [2.75, 3.05) is 20.3 Å². The average Bonchev–Trinajstić information content (AvgIpc) is 2.31. The zero-order chi connectivity index (χ0) is 12.7. The normalized spacial score (nSPS) is 12.8. The molecule has 0 bridgehead atoms. The molecule has 1 aromatic carbocycles. The Morgan fingerprint density at radius 3 is 2.35 bits per heavy atom. The van der Waals surface area contributed by atoms with Crippen LogP contribution >= 0.6 is 11.6 Å². The molecule has 0 spiro atoms. The molecule has 0 aliphatic heterocycles. The molecule has 96 valence electrons. The van der Waals surface area contributed by atoms with Crippen molar-refractivity contribution in [3.63, 3.8) is 0 Å². The second-order valence-corrected chi connectivity index (χ2v) is 4.57. The highest BCUT2D eigenvalue weighted by Crippen LogP contribution is 2.15. The third-order valence-corrected chi connectivity index (χ3v) is 2.56. The van der Waals surface area contributed by atoms with Crippen LogP contribution in [0.25, 0.3) is 0 Å². The van der Waals surface area contributed by atoms with E-state index in [0.717, 1.165) is 5.75 Å². The summed E-state index contributed by atoms with van der Waals surface area (Å²) in [6.45, 7) is 5.26. The molecule has 1 aromatic rings. The van der Waals surface area contributed by atoms with E-state index in [2.05, 4.69) is 5.32 Å². The Morgan fingerprint density at radius 2 is 1.82 bits per heavy atom. The second kappa shape index (κ2) is 7.54. The molecule has 0 amide bonds. The van der Waals surface area contributed by atoms with Gasteiger partial charge in [-0.05, 0) is 45.2 Å². The van der Waals surface area contributed by atoms with Gasteiger partial charge in [0.25, 0.3) is 0 Å². The lowest BCUT2D eigenvalue weighted by atomic mass is 10.3. The number of rotatable bonds is 7. The molecular weight excluding hydrogens is 238 g/mol. The maximum Gasteiger partial charge on any atom is 0.119 e. The fourth-order valence-electron chi connectivity index (χ4n) is 1.25. The average molecular weight is 258 g/mol. The highest BCUT2D eigenvalue weighted by Gasteiger charge is 2.08. The number of halogens is 1. The summed E-state index contributed by atoms with van der Waals surface area (Å²) >= 11 is 5.80. The summed E-state index contributed by atoms with van der Waals surface area (Å²) in [7, 11) is 1.90.